The minimum Gasteiger partial charge on any atom is -0.465 e. The molecule has 0 aliphatic carbocycles. The standard InChI is InChI=1S/C13H11N3O5S/c1-7-10(12(18)21-2)22-13(14-7)15-11(17)8-3-5-9(6-4-8)16(19)20/h3-6H,1-2H3,(H,14,15,17). The van der Waals surface area contributed by atoms with Crippen molar-refractivity contribution in [3.05, 3.63) is 50.5 Å². The summed E-state index contributed by atoms with van der Waals surface area (Å²) in [6.07, 6.45) is 0. The third-order valence-corrected chi connectivity index (χ3v) is 3.78. The summed E-state index contributed by atoms with van der Waals surface area (Å²) in [6.45, 7) is 1.63. The van der Waals surface area contributed by atoms with Crippen molar-refractivity contribution in [1.82, 2.24) is 4.98 Å². The molecular formula is C13H11N3O5S. The second kappa shape index (κ2) is 6.31. The minimum absolute atomic E-state index is 0.102. The number of carbonyl (C=O) groups is 2. The Balaban J connectivity index is 2.15. The fourth-order valence-electron chi connectivity index (χ4n) is 1.64. The van der Waals surface area contributed by atoms with Gasteiger partial charge in [0.25, 0.3) is 11.6 Å². The minimum atomic E-state index is -0.547. The number of methoxy groups -OCH3 is 1. The SMILES string of the molecule is COC(=O)c1sc(NC(=O)c2ccc([N+](=O)[O-])cc2)nc1C. The molecule has 1 aromatic carbocycles. The Kier molecular flexibility index (Phi) is 4.47. The molecule has 0 spiro atoms. The summed E-state index contributed by atoms with van der Waals surface area (Å²) in [7, 11) is 1.26. The zero-order valence-electron chi connectivity index (χ0n) is 11.7. The highest BCUT2D eigenvalue weighted by Crippen LogP contribution is 2.24. The third kappa shape index (κ3) is 3.26. The molecule has 0 saturated carbocycles. The lowest BCUT2D eigenvalue weighted by Gasteiger charge is -2.01. The molecule has 0 atom stereocenters. The van der Waals surface area contributed by atoms with Crippen molar-refractivity contribution >= 4 is 34.0 Å². The van der Waals surface area contributed by atoms with E-state index in [0.29, 0.717) is 10.6 Å². The van der Waals surface area contributed by atoms with Gasteiger partial charge in [0.1, 0.15) is 4.88 Å². The Morgan fingerprint density at radius 1 is 1.32 bits per heavy atom. The van der Waals surface area contributed by atoms with Crippen molar-refractivity contribution in [3.8, 4) is 0 Å². The van der Waals surface area contributed by atoms with Gasteiger partial charge in [0, 0.05) is 17.7 Å². The number of aryl methyl sites for hydroxylation is 1. The number of hydrogen-bond acceptors (Lipinski definition) is 7. The van der Waals surface area contributed by atoms with Crippen molar-refractivity contribution < 1.29 is 19.2 Å². The van der Waals surface area contributed by atoms with Crippen molar-refractivity contribution in [1.29, 1.82) is 0 Å². The van der Waals surface area contributed by atoms with Gasteiger partial charge >= 0.3 is 5.97 Å². The first-order valence-corrected chi connectivity index (χ1v) is 6.85. The zero-order valence-corrected chi connectivity index (χ0v) is 12.5. The number of nitro groups is 1. The zero-order chi connectivity index (χ0) is 16.3. The van der Waals surface area contributed by atoms with Gasteiger partial charge in [-0.1, -0.05) is 11.3 Å². The van der Waals surface area contributed by atoms with Crippen LogP contribution in [-0.4, -0.2) is 28.9 Å². The van der Waals surface area contributed by atoms with Crippen LogP contribution in [0.15, 0.2) is 24.3 Å². The molecule has 2 aromatic rings. The van der Waals surface area contributed by atoms with Crippen molar-refractivity contribution in [3.63, 3.8) is 0 Å². The summed E-state index contributed by atoms with van der Waals surface area (Å²) in [4.78, 5) is 37.9. The number of benzene rings is 1. The Hall–Kier alpha value is -2.81. The molecule has 1 aromatic heterocycles. The summed E-state index contributed by atoms with van der Waals surface area (Å²) >= 11 is 0.997. The maximum atomic E-state index is 12.0. The molecule has 0 bridgehead atoms. The molecular weight excluding hydrogens is 310 g/mol. The van der Waals surface area contributed by atoms with E-state index in [0.717, 1.165) is 11.3 Å². The van der Waals surface area contributed by atoms with Crippen LogP contribution in [0.25, 0.3) is 0 Å². The molecule has 0 radical (unpaired) electrons. The topological polar surface area (TPSA) is 111 Å². The number of rotatable bonds is 4. The molecule has 1 heterocycles. The van der Waals surface area contributed by atoms with Crippen molar-refractivity contribution in [2.45, 2.75) is 6.92 Å². The van der Waals surface area contributed by atoms with E-state index in [-0.39, 0.29) is 16.4 Å². The quantitative estimate of drug-likeness (QED) is 0.526. The summed E-state index contributed by atoms with van der Waals surface area (Å²) in [5, 5.41) is 13.3. The van der Waals surface area contributed by atoms with E-state index in [2.05, 4.69) is 15.0 Å². The van der Waals surface area contributed by atoms with Crippen LogP contribution >= 0.6 is 11.3 Å². The van der Waals surface area contributed by atoms with Gasteiger partial charge in [-0.3, -0.25) is 20.2 Å². The average Bonchev–Trinajstić information content (AvgIpc) is 2.87. The molecule has 8 nitrogen and oxygen atoms in total. The van der Waals surface area contributed by atoms with Crippen LogP contribution in [0.3, 0.4) is 0 Å². The predicted octanol–water partition coefficient (Wildman–Crippen LogP) is 2.40. The molecule has 1 amide bonds. The van der Waals surface area contributed by atoms with Crippen LogP contribution in [0.4, 0.5) is 10.8 Å². The Morgan fingerprint density at radius 3 is 2.50 bits per heavy atom. The van der Waals surface area contributed by atoms with E-state index in [1.54, 1.807) is 6.92 Å². The Bertz CT molecular complexity index is 739. The van der Waals surface area contributed by atoms with Crippen LogP contribution < -0.4 is 5.32 Å². The number of nitro benzene ring substituents is 1. The van der Waals surface area contributed by atoms with Crippen LogP contribution in [0.5, 0.6) is 0 Å². The van der Waals surface area contributed by atoms with E-state index in [1.165, 1.54) is 31.4 Å². The second-order valence-electron chi connectivity index (χ2n) is 4.18. The van der Waals surface area contributed by atoms with E-state index in [9.17, 15) is 19.7 Å². The van der Waals surface area contributed by atoms with Gasteiger partial charge in [-0.05, 0) is 19.1 Å². The number of non-ortho nitro benzene ring substituents is 1. The van der Waals surface area contributed by atoms with Gasteiger partial charge in [-0.2, -0.15) is 0 Å². The molecule has 9 heteroatoms. The summed E-state index contributed by atoms with van der Waals surface area (Å²) in [5.74, 6) is -0.995. The molecule has 114 valence electrons. The molecule has 0 saturated heterocycles. The maximum Gasteiger partial charge on any atom is 0.350 e. The van der Waals surface area contributed by atoms with Crippen molar-refractivity contribution in [2.75, 3.05) is 12.4 Å². The number of nitrogens with zero attached hydrogens (tertiary/aromatic N) is 2. The van der Waals surface area contributed by atoms with E-state index in [4.69, 9.17) is 0 Å². The lowest BCUT2D eigenvalue weighted by molar-refractivity contribution is -0.384. The molecule has 0 fully saturated rings. The van der Waals surface area contributed by atoms with Crippen LogP contribution in [0.2, 0.25) is 0 Å². The van der Waals surface area contributed by atoms with Gasteiger partial charge in [-0.25, -0.2) is 9.78 Å². The Labute approximate surface area is 128 Å². The maximum absolute atomic E-state index is 12.0. The second-order valence-corrected chi connectivity index (χ2v) is 5.18. The van der Waals surface area contributed by atoms with E-state index in [1.807, 2.05) is 0 Å². The molecule has 22 heavy (non-hydrogen) atoms. The number of aromatic nitrogens is 1. The highest BCUT2D eigenvalue weighted by molar-refractivity contribution is 7.17. The molecule has 1 N–H and O–H groups in total. The Morgan fingerprint density at radius 2 is 1.95 bits per heavy atom. The van der Waals surface area contributed by atoms with Gasteiger partial charge < -0.3 is 4.74 Å². The first kappa shape index (κ1) is 15.6. The number of thiazole rings is 1. The lowest BCUT2D eigenvalue weighted by Crippen LogP contribution is -2.11. The smallest absolute Gasteiger partial charge is 0.350 e. The third-order valence-electron chi connectivity index (χ3n) is 2.73. The summed E-state index contributed by atoms with van der Waals surface area (Å²) < 4.78 is 4.61. The van der Waals surface area contributed by atoms with E-state index < -0.39 is 16.8 Å². The van der Waals surface area contributed by atoms with Gasteiger partial charge in [0.05, 0.1) is 17.7 Å². The molecule has 0 aliphatic heterocycles. The fourth-order valence-corrected chi connectivity index (χ4v) is 2.52. The largest absolute Gasteiger partial charge is 0.465 e. The lowest BCUT2D eigenvalue weighted by atomic mass is 10.2. The number of hydrogen-bond donors (Lipinski definition) is 1. The summed E-state index contributed by atoms with van der Waals surface area (Å²) in [5.41, 5.74) is 0.601. The highest BCUT2D eigenvalue weighted by atomic mass is 32.1. The first-order chi connectivity index (χ1) is 10.4. The molecule has 0 aliphatic rings. The van der Waals surface area contributed by atoms with Gasteiger partial charge in [0.2, 0.25) is 0 Å². The monoisotopic (exact) mass is 321 g/mol. The number of ether oxygens (including phenoxy) is 1. The number of anilines is 1. The van der Waals surface area contributed by atoms with Crippen LogP contribution in [0.1, 0.15) is 25.7 Å². The van der Waals surface area contributed by atoms with E-state index >= 15 is 0 Å². The van der Waals surface area contributed by atoms with Gasteiger partial charge in [0.15, 0.2) is 5.13 Å². The normalized spacial score (nSPS) is 10.1. The molecule has 2 rings (SSSR count). The number of carbonyl (C=O) groups excluding carboxylic acids is 2. The fraction of sp³-hybridized carbons (Fsp3) is 0.154. The summed E-state index contributed by atoms with van der Waals surface area (Å²) in [6, 6.07) is 5.16. The number of amides is 1. The van der Waals surface area contributed by atoms with Crippen LogP contribution in [0, 0.1) is 17.0 Å². The van der Waals surface area contributed by atoms with Gasteiger partial charge in [-0.15, -0.1) is 0 Å². The first-order valence-electron chi connectivity index (χ1n) is 6.04. The predicted molar refractivity (Wildman–Crippen MR) is 79.2 cm³/mol. The molecule has 0 unspecified atom stereocenters. The number of nitrogens with one attached hydrogen (secondary N) is 1. The average molecular weight is 321 g/mol. The highest BCUT2D eigenvalue weighted by Gasteiger charge is 2.17. The number of esters is 1. The van der Waals surface area contributed by atoms with Crippen molar-refractivity contribution in [2.24, 2.45) is 0 Å². The van der Waals surface area contributed by atoms with Crippen LogP contribution in [-0.2, 0) is 4.74 Å².